The molecule has 5 heteroatoms. The average Bonchev–Trinajstić information content (AvgIpc) is 2.46. The third kappa shape index (κ3) is 5.15. The molecular weight excluding hydrogens is 310 g/mol. The molecule has 2 aromatic carbocycles. The maximum absolute atomic E-state index is 12.4. The predicted molar refractivity (Wildman–Crippen MR) is 97.8 cm³/mol. The van der Waals surface area contributed by atoms with Crippen LogP contribution in [0.3, 0.4) is 0 Å². The second-order valence-corrected chi connectivity index (χ2v) is 6.45. The fourth-order valence-electron chi connectivity index (χ4n) is 1.97. The topological polar surface area (TPSA) is 26.3 Å². The first kappa shape index (κ1) is 19.3. The van der Waals surface area contributed by atoms with Crippen LogP contribution in [0.5, 0.6) is 5.75 Å². The zero-order valence-electron chi connectivity index (χ0n) is 12.2. The molecule has 0 bridgehead atoms. The number of ether oxygens (including phenoxy) is 1. The van der Waals surface area contributed by atoms with Gasteiger partial charge in [-0.15, -0.1) is 0 Å². The molecule has 22 heavy (non-hydrogen) atoms. The van der Waals surface area contributed by atoms with Crippen molar-refractivity contribution >= 4 is 49.9 Å². The zero-order chi connectivity index (χ0) is 15.2. The molecule has 2 rings (SSSR count). The zero-order valence-corrected chi connectivity index (χ0v) is 13.9. The molecule has 0 N–H and O–H groups in total. The Hall–Kier alpha value is -0.773. The van der Waals surface area contributed by atoms with E-state index in [1.165, 1.54) is 0 Å². The summed E-state index contributed by atoms with van der Waals surface area (Å²) >= 11 is 6.14. The molecule has 0 fully saturated rings. The molecule has 0 radical (unpaired) electrons. The summed E-state index contributed by atoms with van der Waals surface area (Å²) in [6, 6.07) is 13.2. The normalized spacial score (nSPS) is 10.5. The van der Waals surface area contributed by atoms with Crippen molar-refractivity contribution in [2.24, 2.45) is 0 Å². The molecule has 1 unspecified atom stereocenters. The fraction of sp³-hybridized carbons (Fsp3) is 0.235. The number of benzene rings is 2. The SMILES string of the molecule is CCCOc1ccc(PC(=O)c2c(C)cccc2Cl)cc1.[LiH]. The van der Waals surface area contributed by atoms with Gasteiger partial charge in [0.05, 0.1) is 11.6 Å². The number of carbonyl (C=O) groups is 1. The quantitative estimate of drug-likeness (QED) is 0.593. The van der Waals surface area contributed by atoms with E-state index in [0.29, 0.717) is 17.2 Å². The summed E-state index contributed by atoms with van der Waals surface area (Å²) in [5.74, 6) is 0.840. The molecule has 0 aliphatic carbocycles. The molecule has 1 atom stereocenters. The molecule has 2 aromatic rings. The van der Waals surface area contributed by atoms with Crippen LogP contribution in [0.2, 0.25) is 5.02 Å². The number of hydrogen-bond donors (Lipinski definition) is 0. The first-order chi connectivity index (χ1) is 10.1. The molecule has 2 nitrogen and oxygen atoms in total. The molecule has 0 aliphatic heterocycles. The number of halogens is 1. The van der Waals surface area contributed by atoms with Crippen molar-refractivity contribution in [3.63, 3.8) is 0 Å². The van der Waals surface area contributed by atoms with Crippen LogP contribution >= 0.6 is 20.2 Å². The summed E-state index contributed by atoms with van der Waals surface area (Å²) in [6.45, 7) is 4.69. The Labute approximate surface area is 150 Å². The monoisotopic (exact) mass is 328 g/mol. The molecule has 0 spiro atoms. The second-order valence-electron chi connectivity index (χ2n) is 4.76. The number of rotatable bonds is 6. The molecule has 0 aromatic heterocycles. The van der Waals surface area contributed by atoms with Crippen LogP contribution < -0.4 is 10.0 Å². The van der Waals surface area contributed by atoms with Gasteiger partial charge in [-0.25, -0.2) is 0 Å². The summed E-state index contributed by atoms with van der Waals surface area (Å²) in [6.07, 6.45) is 0.980. The maximum atomic E-state index is 12.4. The molecular formula is C17H19ClLiO2P. The second kappa shape index (κ2) is 9.39. The van der Waals surface area contributed by atoms with Crippen molar-refractivity contribution in [3.05, 3.63) is 58.6 Å². The Morgan fingerprint density at radius 1 is 1.18 bits per heavy atom. The van der Waals surface area contributed by atoms with Gasteiger partial charge >= 0.3 is 18.9 Å². The van der Waals surface area contributed by atoms with E-state index < -0.39 is 0 Å². The standard InChI is InChI=1S/C17H18ClO2P.Li.H/c1-3-11-20-13-7-9-14(10-8-13)21-17(19)16-12(2)5-4-6-15(16)18;;/h4-10,21H,3,11H2,1-2H3;;. The predicted octanol–water partition coefficient (Wildman–Crippen LogP) is 3.93. The summed E-state index contributed by atoms with van der Waals surface area (Å²) in [5, 5.41) is 1.51. The Morgan fingerprint density at radius 2 is 1.86 bits per heavy atom. The Kier molecular flexibility index (Phi) is 8.22. The van der Waals surface area contributed by atoms with Crippen molar-refractivity contribution in [2.75, 3.05) is 6.61 Å². The van der Waals surface area contributed by atoms with Gasteiger partial charge in [-0.3, -0.25) is 4.79 Å². The Bertz CT molecular complexity index is 609. The van der Waals surface area contributed by atoms with Gasteiger partial charge in [0.2, 0.25) is 0 Å². The van der Waals surface area contributed by atoms with E-state index in [2.05, 4.69) is 6.92 Å². The minimum absolute atomic E-state index is 0. The van der Waals surface area contributed by atoms with Crippen molar-refractivity contribution in [3.8, 4) is 5.75 Å². The Balaban J connectivity index is 0.00000242. The van der Waals surface area contributed by atoms with Crippen LogP contribution in [0.1, 0.15) is 29.3 Å². The first-order valence-electron chi connectivity index (χ1n) is 6.91. The van der Waals surface area contributed by atoms with Gasteiger partial charge in [0, 0.05) is 5.56 Å². The molecule has 0 amide bonds. The summed E-state index contributed by atoms with van der Waals surface area (Å²) < 4.78 is 5.54. The van der Waals surface area contributed by atoms with Crippen LogP contribution in [-0.2, 0) is 0 Å². The number of hydrogen-bond acceptors (Lipinski definition) is 2. The van der Waals surface area contributed by atoms with E-state index in [0.717, 1.165) is 23.0 Å². The van der Waals surface area contributed by atoms with Crippen LogP contribution in [0.15, 0.2) is 42.5 Å². The molecule has 0 aliphatic rings. The van der Waals surface area contributed by atoms with E-state index in [4.69, 9.17) is 16.3 Å². The molecule has 0 saturated carbocycles. The van der Waals surface area contributed by atoms with E-state index in [-0.39, 0.29) is 33.0 Å². The third-order valence-electron chi connectivity index (χ3n) is 3.03. The van der Waals surface area contributed by atoms with Gasteiger partial charge in [0.25, 0.3) is 0 Å². The van der Waals surface area contributed by atoms with Gasteiger partial charge in [0.15, 0.2) is 5.52 Å². The molecule has 112 valence electrons. The van der Waals surface area contributed by atoms with Crippen LogP contribution in [0.4, 0.5) is 0 Å². The van der Waals surface area contributed by atoms with Crippen molar-refractivity contribution < 1.29 is 9.53 Å². The van der Waals surface area contributed by atoms with Gasteiger partial charge in [-0.1, -0.05) is 42.8 Å². The number of aryl methyl sites for hydroxylation is 1. The molecule has 0 saturated heterocycles. The van der Waals surface area contributed by atoms with Gasteiger partial charge in [0.1, 0.15) is 5.75 Å². The third-order valence-corrected chi connectivity index (χ3v) is 4.45. The van der Waals surface area contributed by atoms with E-state index in [1.807, 2.05) is 43.3 Å². The van der Waals surface area contributed by atoms with Gasteiger partial charge in [-0.2, -0.15) is 0 Å². The average molecular weight is 329 g/mol. The van der Waals surface area contributed by atoms with Gasteiger partial charge < -0.3 is 4.74 Å². The first-order valence-corrected chi connectivity index (χ1v) is 8.29. The summed E-state index contributed by atoms with van der Waals surface area (Å²) in [4.78, 5) is 12.4. The number of carbonyl (C=O) groups excluding carboxylic acids is 1. The summed E-state index contributed by atoms with van der Waals surface area (Å²) in [5.41, 5.74) is 1.62. The fourth-order valence-corrected chi connectivity index (χ4v) is 3.41. The Morgan fingerprint density at radius 3 is 2.45 bits per heavy atom. The summed E-state index contributed by atoms with van der Waals surface area (Å²) in [7, 11) is 0.0683. The van der Waals surface area contributed by atoms with Crippen molar-refractivity contribution in [2.45, 2.75) is 20.3 Å². The van der Waals surface area contributed by atoms with Crippen molar-refractivity contribution in [1.29, 1.82) is 0 Å². The van der Waals surface area contributed by atoms with E-state index in [1.54, 1.807) is 6.07 Å². The van der Waals surface area contributed by atoms with Crippen LogP contribution in [0.25, 0.3) is 0 Å². The minimum atomic E-state index is 0. The van der Waals surface area contributed by atoms with E-state index >= 15 is 0 Å². The molecule has 0 heterocycles. The van der Waals surface area contributed by atoms with Crippen LogP contribution in [0, 0.1) is 6.92 Å². The van der Waals surface area contributed by atoms with Crippen LogP contribution in [-0.4, -0.2) is 31.0 Å². The van der Waals surface area contributed by atoms with E-state index in [9.17, 15) is 4.79 Å². The van der Waals surface area contributed by atoms with Gasteiger partial charge in [-0.05, 0) is 51.0 Å². The van der Waals surface area contributed by atoms with Crippen molar-refractivity contribution in [1.82, 2.24) is 0 Å².